The lowest BCUT2D eigenvalue weighted by Gasteiger charge is -2.27. The topological polar surface area (TPSA) is 15.3 Å². The molecule has 0 amide bonds. The molecule has 16 heavy (non-hydrogen) atoms. The fourth-order valence-electron chi connectivity index (χ4n) is 1.92. The molecule has 0 bridgehead atoms. The Morgan fingerprint density at radius 2 is 1.81 bits per heavy atom. The Balaban J connectivity index is 2.83. The van der Waals surface area contributed by atoms with Crippen LogP contribution in [0.1, 0.15) is 31.0 Å². The van der Waals surface area contributed by atoms with Gasteiger partial charge in [0.25, 0.3) is 0 Å². The van der Waals surface area contributed by atoms with Crippen molar-refractivity contribution in [1.82, 2.24) is 10.2 Å². The molecule has 0 fully saturated rings. The summed E-state index contributed by atoms with van der Waals surface area (Å²) in [7, 11) is 4.19. The van der Waals surface area contributed by atoms with Gasteiger partial charge in [-0.05, 0) is 38.2 Å². The van der Waals surface area contributed by atoms with Gasteiger partial charge >= 0.3 is 0 Å². The summed E-state index contributed by atoms with van der Waals surface area (Å²) in [5, 5.41) is 3.27. The Bertz CT molecular complexity index is 292. The summed E-state index contributed by atoms with van der Waals surface area (Å²) in [5.74, 6) is 0. The van der Waals surface area contributed by atoms with Gasteiger partial charge in [0, 0.05) is 12.6 Å². The minimum Gasteiger partial charge on any atom is -0.318 e. The number of nitrogens with one attached hydrogen (secondary N) is 1. The number of hydrogen-bond acceptors (Lipinski definition) is 2. The van der Waals surface area contributed by atoms with Crippen LogP contribution in [0.15, 0.2) is 24.3 Å². The van der Waals surface area contributed by atoms with Gasteiger partial charge in [-0.3, -0.25) is 4.90 Å². The fraction of sp³-hybridized carbons (Fsp3) is 0.571. The zero-order valence-corrected chi connectivity index (χ0v) is 11.0. The molecular formula is C14H24N2. The van der Waals surface area contributed by atoms with Crippen molar-refractivity contribution in [1.29, 1.82) is 0 Å². The minimum atomic E-state index is 0.473. The molecule has 2 nitrogen and oxygen atoms in total. The van der Waals surface area contributed by atoms with Gasteiger partial charge in [0.05, 0.1) is 0 Å². The van der Waals surface area contributed by atoms with Crippen LogP contribution in [0.5, 0.6) is 0 Å². The van der Waals surface area contributed by atoms with Crippen LogP contribution in [-0.2, 0) is 6.42 Å². The summed E-state index contributed by atoms with van der Waals surface area (Å²) >= 11 is 0. The highest BCUT2D eigenvalue weighted by Crippen LogP contribution is 2.19. The number of aryl methyl sites for hydroxylation is 1. The maximum absolute atomic E-state index is 3.27. The van der Waals surface area contributed by atoms with Crippen molar-refractivity contribution < 1.29 is 0 Å². The molecular weight excluding hydrogens is 196 g/mol. The van der Waals surface area contributed by atoms with E-state index in [4.69, 9.17) is 0 Å². The first-order valence-electron chi connectivity index (χ1n) is 6.16. The van der Waals surface area contributed by atoms with Crippen molar-refractivity contribution in [2.24, 2.45) is 0 Å². The molecule has 1 atom stereocenters. The van der Waals surface area contributed by atoms with Crippen LogP contribution in [0, 0.1) is 0 Å². The third kappa shape index (κ3) is 3.32. The average molecular weight is 220 g/mol. The molecule has 0 radical (unpaired) electrons. The van der Waals surface area contributed by atoms with Crippen LogP contribution in [0.25, 0.3) is 0 Å². The Labute approximate surface area is 99.7 Å². The lowest BCUT2D eigenvalue weighted by atomic mass is 10.0. The van der Waals surface area contributed by atoms with Crippen LogP contribution >= 0.6 is 0 Å². The summed E-state index contributed by atoms with van der Waals surface area (Å²) in [5.41, 5.74) is 2.81. The van der Waals surface area contributed by atoms with Crippen molar-refractivity contribution in [2.45, 2.75) is 26.3 Å². The van der Waals surface area contributed by atoms with Gasteiger partial charge in [0.2, 0.25) is 0 Å². The van der Waals surface area contributed by atoms with E-state index in [1.165, 1.54) is 11.1 Å². The smallest absolute Gasteiger partial charge is 0.0469 e. The Morgan fingerprint density at radius 3 is 2.25 bits per heavy atom. The van der Waals surface area contributed by atoms with Gasteiger partial charge in [-0.2, -0.15) is 0 Å². The summed E-state index contributed by atoms with van der Waals surface area (Å²) in [6, 6.07) is 9.46. The van der Waals surface area contributed by atoms with Gasteiger partial charge in [0.15, 0.2) is 0 Å². The molecule has 1 aromatic carbocycles. The SMILES string of the molecule is CCc1ccc(C(CNC)N(C)CC)cc1. The number of hydrogen-bond donors (Lipinski definition) is 1. The summed E-state index contributed by atoms with van der Waals surface area (Å²) in [6.45, 7) is 6.46. The largest absolute Gasteiger partial charge is 0.318 e. The molecule has 90 valence electrons. The molecule has 0 saturated carbocycles. The molecule has 1 N–H and O–H groups in total. The first-order chi connectivity index (χ1) is 7.72. The predicted molar refractivity (Wildman–Crippen MR) is 70.8 cm³/mol. The summed E-state index contributed by atoms with van der Waals surface area (Å²) in [4.78, 5) is 2.37. The zero-order valence-electron chi connectivity index (χ0n) is 11.0. The molecule has 0 spiro atoms. The van der Waals surface area contributed by atoms with Crippen molar-refractivity contribution in [3.8, 4) is 0 Å². The first-order valence-corrected chi connectivity index (χ1v) is 6.16. The Hall–Kier alpha value is -0.860. The van der Waals surface area contributed by atoms with Crippen LogP contribution in [-0.4, -0.2) is 32.1 Å². The Kier molecular flexibility index (Phi) is 5.50. The van der Waals surface area contributed by atoms with E-state index in [1.807, 2.05) is 7.05 Å². The monoisotopic (exact) mass is 220 g/mol. The van der Waals surface area contributed by atoms with E-state index in [0.29, 0.717) is 6.04 Å². The predicted octanol–water partition coefficient (Wildman–Crippen LogP) is 2.46. The van der Waals surface area contributed by atoms with Crippen molar-refractivity contribution in [3.63, 3.8) is 0 Å². The van der Waals surface area contributed by atoms with Gasteiger partial charge < -0.3 is 5.32 Å². The lowest BCUT2D eigenvalue weighted by Crippen LogP contribution is -2.31. The normalized spacial score (nSPS) is 13.1. The van der Waals surface area contributed by atoms with Crippen LogP contribution < -0.4 is 5.32 Å². The highest BCUT2D eigenvalue weighted by Gasteiger charge is 2.14. The fourth-order valence-corrected chi connectivity index (χ4v) is 1.92. The number of rotatable bonds is 6. The second kappa shape index (κ2) is 6.66. The second-order valence-corrected chi connectivity index (χ2v) is 4.24. The van der Waals surface area contributed by atoms with E-state index in [2.05, 4.69) is 55.4 Å². The van der Waals surface area contributed by atoms with E-state index in [0.717, 1.165) is 19.5 Å². The standard InChI is InChI=1S/C14H24N2/c1-5-12-7-9-13(10-8-12)14(11-15-3)16(4)6-2/h7-10,14-15H,5-6,11H2,1-4H3. The maximum atomic E-state index is 3.27. The average Bonchev–Trinajstić information content (AvgIpc) is 2.35. The van der Waals surface area contributed by atoms with Gasteiger partial charge in [-0.1, -0.05) is 38.1 Å². The Morgan fingerprint density at radius 1 is 1.19 bits per heavy atom. The quantitative estimate of drug-likeness (QED) is 0.792. The molecule has 0 aliphatic carbocycles. The summed E-state index contributed by atoms with van der Waals surface area (Å²) < 4.78 is 0. The van der Waals surface area contributed by atoms with E-state index >= 15 is 0 Å². The number of benzene rings is 1. The molecule has 0 aromatic heterocycles. The minimum absolute atomic E-state index is 0.473. The maximum Gasteiger partial charge on any atom is 0.0469 e. The van der Waals surface area contributed by atoms with Crippen LogP contribution in [0.4, 0.5) is 0 Å². The van der Waals surface area contributed by atoms with E-state index < -0.39 is 0 Å². The van der Waals surface area contributed by atoms with Crippen molar-refractivity contribution in [2.75, 3.05) is 27.2 Å². The van der Waals surface area contributed by atoms with Crippen LogP contribution in [0.2, 0.25) is 0 Å². The van der Waals surface area contributed by atoms with Gasteiger partial charge in [-0.15, -0.1) is 0 Å². The van der Waals surface area contributed by atoms with E-state index in [-0.39, 0.29) is 0 Å². The van der Waals surface area contributed by atoms with Gasteiger partial charge in [0.1, 0.15) is 0 Å². The molecule has 1 unspecified atom stereocenters. The second-order valence-electron chi connectivity index (χ2n) is 4.24. The first kappa shape index (κ1) is 13.2. The zero-order chi connectivity index (χ0) is 12.0. The summed E-state index contributed by atoms with van der Waals surface area (Å²) in [6.07, 6.45) is 1.11. The molecule has 2 heteroatoms. The molecule has 1 rings (SSSR count). The van der Waals surface area contributed by atoms with Crippen molar-refractivity contribution in [3.05, 3.63) is 35.4 Å². The molecule has 1 aromatic rings. The third-order valence-corrected chi connectivity index (χ3v) is 3.20. The van der Waals surface area contributed by atoms with E-state index in [1.54, 1.807) is 0 Å². The lowest BCUT2D eigenvalue weighted by molar-refractivity contribution is 0.254. The highest BCUT2D eigenvalue weighted by atomic mass is 15.1. The number of likely N-dealkylation sites (N-methyl/N-ethyl adjacent to an activating group) is 2. The molecule has 0 heterocycles. The molecule has 0 aliphatic heterocycles. The molecule has 0 saturated heterocycles. The third-order valence-electron chi connectivity index (χ3n) is 3.20. The molecule has 0 aliphatic rings. The number of nitrogens with zero attached hydrogens (tertiary/aromatic N) is 1. The van der Waals surface area contributed by atoms with Crippen molar-refractivity contribution >= 4 is 0 Å². The van der Waals surface area contributed by atoms with E-state index in [9.17, 15) is 0 Å². The van der Waals surface area contributed by atoms with Gasteiger partial charge in [-0.25, -0.2) is 0 Å². The van der Waals surface area contributed by atoms with Crippen LogP contribution in [0.3, 0.4) is 0 Å². The highest BCUT2D eigenvalue weighted by molar-refractivity contribution is 5.25.